The van der Waals surface area contributed by atoms with Gasteiger partial charge in [-0.1, -0.05) is 38.1 Å². The molecule has 0 aliphatic carbocycles. The van der Waals surface area contributed by atoms with Gasteiger partial charge < -0.3 is 10.4 Å². The number of aliphatic hydroxyl groups excluding tert-OH is 1. The molecule has 0 spiro atoms. The zero-order chi connectivity index (χ0) is 11.3. The Morgan fingerprint density at radius 2 is 1.67 bits per heavy atom. The van der Waals surface area contributed by atoms with Crippen molar-refractivity contribution in [2.75, 3.05) is 13.6 Å². The van der Waals surface area contributed by atoms with E-state index in [0.717, 1.165) is 18.5 Å². The number of nitrogens with one attached hydrogen (secondary N) is 1. The molecule has 15 heavy (non-hydrogen) atoms. The summed E-state index contributed by atoms with van der Waals surface area (Å²) >= 11 is 0. The lowest BCUT2D eigenvalue weighted by Gasteiger charge is -2.12. The zero-order valence-electron chi connectivity index (χ0n) is 9.83. The molecule has 0 aliphatic heterocycles. The third kappa shape index (κ3) is 3.65. The molecule has 2 heteroatoms. The van der Waals surface area contributed by atoms with Gasteiger partial charge in [0.05, 0.1) is 6.10 Å². The zero-order valence-corrected chi connectivity index (χ0v) is 9.83. The van der Waals surface area contributed by atoms with Crippen LogP contribution in [0.15, 0.2) is 24.3 Å². The molecule has 2 nitrogen and oxygen atoms in total. The fraction of sp³-hybridized carbons (Fsp3) is 0.538. The van der Waals surface area contributed by atoms with Crippen molar-refractivity contribution in [1.82, 2.24) is 5.32 Å². The standard InChI is InChI=1S/C13H21NO/c1-10(2)11-4-6-12(7-5-11)13(15)8-9-14-3/h4-7,10,13-15H,8-9H2,1-3H3. The van der Waals surface area contributed by atoms with Crippen molar-refractivity contribution in [2.45, 2.75) is 32.3 Å². The highest BCUT2D eigenvalue weighted by atomic mass is 16.3. The van der Waals surface area contributed by atoms with Crippen LogP contribution in [0.1, 0.15) is 43.4 Å². The molecule has 0 saturated heterocycles. The Kier molecular flexibility index (Phi) is 4.79. The van der Waals surface area contributed by atoms with Gasteiger partial charge in [-0.15, -0.1) is 0 Å². The van der Waals surface area contributed by atoms with E-state index in [9.17, 15) is 5.11 Å². The first-order valence-electron chi connectivity index (χ1n) is 5.57. The number of aliphatic hydroxyl groups is 1. The van der Waals surface area contributed by atoms with E-state index in [0.29, 0.717) is 5.92 Å². The Morgan fingerprint density at radius 1 is 1.13 bits per heavy atom. The van der Waals surface area contributed by atoms with E-state index in [4.69, 9.17) is 0 Å². The normalized spacial score (nSPS) is 13.1. The quantitative estimate of drug-likeness (QED) is 0.777. The van der Waals surface area contributed by atoms with Gasteiger partial charge in [0.2, 0.25) is 0 Å². The minimum absolute atomic E-state index is 0.348. The molecule has 0 fully saturated rings. The van der Waals surface area contributed by atoms with E-state index in [1.165, 1.54) is 5.56 Å². The first-order chi connectivity index (χ1) is 7.15. The minimum Gasteiger partial charge on any atom is -0.388 e. The molecule has 0 radical (unpaired) electrons. The first-order valence-corrected chi connectivity index (χ1v) is 5.57. The molecule has 1 unspecified atom stereocenters. The Balaban J connectivity index is 2.62. The van der Waals surface area contributed by atoms with Crippen molar-refractivity contribution in [3.8, 4) is 0 Å². The fourth-order valence-corrected chi connectivity index (χ4v) is 1.55. The van der Waals surface area contributed by atoms with Crippen LogP contribution in [0.5, 0.6) is 0 Å². The largest absolute Gasteiger partial charge is 0.388 e. The van der Waals surface area contributed by atoms with Crippen molar-refractivity contribution < 1.29 is 5.11 Å². The fourth-order valence-electron chi connectivity index (χ4n) is 1.55. The average Bonchev–Trinajstić information content (AvgIpc) is 2.26. The van der Waals surface area contributed by atoms with Gasteiger partial charge in [0.25, 0.3) is 0 Å². The molecular weight excluding hydrogens is 186 g/mol. The summed E-state index contributed by atoms with van der Waals surface area (Å²) < 4.78 is 0. The number of rotatable bonds is 5. The topological polar surface area (TPSA) is 32.3 Å². The van der Waals surface area contributed by atoms with Crippen LogP contribution in [0.3, 0.4) is 0 Å². The Bertz CT molecular complexity index is 279. The van der Waals surface area contributed by atoms with Crippen LogP contribution in [0.25, 0.3) is 0 Å². The molecule has 2 N–H and O–H groups in total. The maximum Gasteiger partial charge on any atom is 0.0802 e. The summed E-state index contributed by atoms with van der Waals surface area (Å²) in [4.78, 5) is 0. The second-order valence-corrected chi connectivity index (χ2v) is 4.23. The lowest BCUT2D eigenvalue weighted by Crippen LogP contribution is -2.11. The number of hydrogen-bond acceptors (Lipinski definition) is 2. The third-order valence-corrected chi connectivity index (χ3v) is 2.66. The lowest BCUT2D eigenvalue weighted by atomic mass is 9.99. The van der Waals surface area contributed by atoms with Gasteiger partial charge in [-0.25, -0.2) is 0 Å². The molecular formula is C13H21NO. The molecule has 1 atom stereocenters. The van der Waals surface area contributed by atoms with Gasteiger partial charge >= 0.3 is 0 Å². The maximum absolute atomic E-state index is 9.84. The summed E-state index contributed by atoms with van der Waals surface area (Å²) in [5.41, 5.74) is 2.33. The van der Waals surface area contributed by atoms with Gasteiger partial charge in [-0.2, -0.15) is 0 Å². The predicted molar refractivity (Wildman–Crippen MR) is 64.0 cm³/mol. The van der Waals surface area contributed by atoms with Crippen LogP contribution >= 0.6 is 0 Å². The molecule has 1 aromatic rings. The monoisotopic (exact) mass is 207 g/mol. The summed E-state index contributed by atoms with van der Waals surface area (Å²) in [5.74, 6) is 0.550. The molecule has 0 bridgehead atoms. The van der Waals surface area contributed by atoms with Crippen LogP contribution in [-0.2, 0) is 0 Å². The molecule has 0 aliphatic rings. The van der Waals surface area contributed by atoms with Crippen LogP contribution in [0.4, 0.5) is 0 Å². The predicted octanol–water partition coefficient (Wildman–Crippen LogP) is 2.45. The van der Waals surface area contributed by atoms with Crippen LogP contribution in [-0.4, -0.2) is 18.7 Å². The Hall–Kier alpha value is -0.860. The minimum atomic E-state index is -0.348. The molecule has 0 amide bonds. The highest BCUT2D eigenvalue weighted by Gasteiger charge is 2.07. The van der Waals surface area contributed by atoms with Gasteiger partial charge in [-0.3, -0.25) is 0 Å². The third-order valence-electron chi connectivity index (χ3n) is 2.66. The average molecular weight is 207 g/mol. The molecule has 0 heterocycles. The van der Waals surface area contributed by atoms with E-state index >= 15 is 0 Å². The molecule has 1 aromatic carbocycles. The number of hydrogen-bond donors (Lipinski definition) is 2. The smallest absolute Gasteiger partial charge is 0.0802 e. The summed E-state index contributed by atoms with van der Waals surface area (Å²) in [7, 11) is 1.90. The van der Waals surface area contributed by atoms with E-state index in [1.807, 2.05) is 19.2 Å². The Labute approximate surface area is 92.3 Å². The second-order valence-electron chi connectivity index (χ2n) is 4.23. The van der Waals surface area contributed by atoms with Crippen LogP contribution in [0, 0.1) is 0 Å². The summed E-state index contributed by atoms with van der Waals surface area (Å²) in [6, 6.07) is 8.25. The van der Waals surface area contributed by atoms with E-state index in [-0.39, 0.29) is 6.10 Å². The van der Waals surface area contributed by atoms with Gasteiger partial charge in [-0.05, 0) is 37.1 Å². The van der Waals surface area contributed by atoms with Crippen LogP contribution < -0.4 is 5.32 Å². The molecule has 0 saturated carbocycles. The molecule has 84 valence electrons. The highest BCUT2D eigenvalue weighted by molar-refractivity contribution is 5.26. The molecule has 0 aromatic heterocycles. The van der Waals surface area contributed by atoms with Gasteiger partial charge in [0.15, 0.2) is 0 Å². The highest BCUT2D eigenvalue weighted by Crippen LogP contribution is 2.20. The second kappa shape index (κ2) is 5.89. The summed E-state index contributed by atoms with van der Waals surface area (Å²) in [6.45, 7) is 5.19. The summed E-state index contributed by atoms with van der Waals surface area (Å²) in [6.07, 6.45) is 0.413. The first kappa shape index (κ1) is 12.2. The van der Waals surface area contributed by atoms with Crippen molar-refractivity contribution in [1.29, 1.82) is 0 Å². The van der Waals surface area contributed by atoms with Crippen molar-refractivity contribution in [3.63, 3.8) is 0 Å². The van der Waals surface area contributed by atoms with E-state index in [1.54, 1.807) is 0 Å². The lowest BCUT2D eigenvalue weighted by molar-refractivity contribution is 0.167. The van der Waals surface area contributed by atoms with Gasteiger partial charge in [0, 0.05) is 0 Å². The van der Waals surface area contributed by atoms with E-state index < -0.39 is 0 Å². The molecule has 1 rings (SSSR count). The maximum atomic E-state index is 9.84. The Morgan fingerprint density at radius 3 is 2.13 bits per heavy atom. The van der Waals surface area contributed by atoms with Crippen molar-refractivity contribution in [2.24, 2.45) is 0 Å². The van der Waals surface area contributed by atoms with E-state index in [2.05, 4.69) is 31.3 Å². The van der Waals surface area contributed by atoms with Crippen LogP contribution in [0.2, 0.25) is 0 Å². The SMILES string of the molecule is CNCCC(O)c1ccc(C(C)C)cc1. The van der Waals surface area contributed by atoms with Gasteiger partial charge in [0.1, 0.15) is 0 Å². The van der Waals surface area contributed by atoms with Crippen molar-refractivity contribution >= 4 is 0 Å². The summed E-state index contributed by atoms with van der Waals surface area (Å²) in [5, 5.41) is 12.9. The number of benzene rings is 1. The van der Waals surface area contributed by atoms with Crippen molar-refractivity contribution in [3.05, 3.63) is 35.4 Å².